The van der Waals surface area contributed by atoms with Crippen molar-refractivity contribution in [2.75, 3.05) is 18.9 Å². The van der Waals surface area contributed by atoms with E-state index in [1.165, 1.54) is 12.1 Å². The molecule has 0 radical (unpaired) electrons. The molecule has 0 aliphatic carbocycles. The molecule has 1 fully saturated rings. The zero-order valence-electron chi connectivity index (χ0n) is 16.9. The van der Waals surface area contributed by atoms with Crippen molar-refractivity contribution in [3.05, 3.63) is 59.4 Å². The van der Waals surface area contributed by atoms with Gasteiger partial charge >= 0.3 is 0 Å². The van der Waals surface area contributed by atoms with Gasteiger partial charge in [-0.15, -0.1) is 0 Å². The summed E-state index contributed by atoms with van der Waals surface area (Å²) in [7, 11) is 2.16. The third-order valence-electron chi connectivity index (χ3n) is 5.91. The van der Waals surface area contributed by atoms with E-state index in [0.717, 1.165) is 40.9 Å². The Bertz CT molecular complexity index is 1240. The molecule has 4 aromatic rings. The largest absolute Gasteiger partial charge is 0.357 e. The maximum Gasteiger partial charge on any atom is 0.258 e. The maximum atomic E-state index is 12.8. The lowest BCUT2D eigenvalue weighted by molar-refractivity contribution is 0.102. The molecule has 1 atom stereocenters. The molecule has 148 valence electrons. The van der Waals surface area contributed by atoms with Crippen LogP contribution in [0.25, 0.3) is 16.4 Å². The SMILES string of the molecule is Cc1nc(C)n2cc(C(=O)Nc3cc4[nH]c([C@H]5CCCN5C)cc4cn3)ccc12. The van der Waals surface area contributed by atoms with Gasteiger partial charge in [-0.1, -0.05) is 0 Å². The number of nitrogens with one attached hydrogen (secondary N) is 2. The van der Waals surface area contributed by atoms with Crippen molar-refractivity contribution >= 4 is 28.1 Å². The number of pyridine rings is 2. The lowest BCUT2D eigenvalue weighted by Crippen LogP contribution is -2.17. The van der Waals surface area contributed by atoms with Crippen molar-refractivity contribution in [3.8, 4) is 0 Å². The number of rotatable bonds is 3. The van der Waals surface area contributed by atoms with Crippen molar-refractivity contribution in [1.29, 1.82) is 0 Å². The van der Waals surface area contributed by atoms with Gasteiger partial charge in [-0.2, -0.15) is 0 Å². The molecular weight excluding hydrogens is 364 g/mol. The normalized spacial score (nSPS) is 17.4. The van der Waals surface area contributed by atoms with E-state index in [1.54, 1.807) is 0 Å². The number of aromatic amines is 1. The summed E-state index contributed by atoms with van der Waals surface area (Å²) in [6.45, 7) is 5.02. The zero-order chi connectivity index (χ0) is 20.1. The van der Waals surface area contributed by atoms with Crippen LogP contribution >= 0.6 is 0 Å². The number of hydrogen-bond donors (Lipinski definition) is 2. The Morgan fingerprint density at radius 2 is 2.14 bits per heavy atom. The van der Waals surface area contributed by atoms with Crippen molar-refractivity contribution in [1.82, 2.24) is 24.3 Å². The van der Waals surface area contributed by atoms with Gasteiger partial charge in [-0.3, -0.25) is 9.69 Å². The Balaban J connectivity index is 1.41. The predicted octanol–water partition coefficient (Wildman–Crippen LogP) is 3.85. The van der Waals surface area contributed by atoms with E-state index in [4.69, 9.17) is 0 Å². The van der Waals surface area contributed by atoms with E-state index in [1.807, 2.05) is 48.8 Å². The molecule has 2 N–H and O–H groups in total. The number of imidazole rings is 1. The molecule has 1 aliphatic heterocycles. The molecule has 4 aromatic heterocycles. The van der Waals surface area contributed by atoms with Crippen LogP contribution in [-0.2, 0) is 0 Å². The van der Waals surface area contributed by atoms with Gasteiger partial charge in [-0.25, -0.2) is 9.97 Å². The average molecular weight is 388 g/mol. The Morgan fingerprint density at radius 3 is 2.93 bits per heavy atom. The topological polar surface area (TPSA) is 78.3 Å². The first-order valence-electron chi connectivity index (χ1n) is 9.95. The van der Waals surface area contributed by atoms with E-state index >= 15 is 0 Å². The fourth-order valence-electron chi connectivity index (χ4n) is 4.34. The number of carbonyl (C=O) groups is 1. The zero-order valence-corrected chi connectivity index (χ0v) is 16.9. The summed E-state index contributed by atoms with van der Waals surface area (Å²) in [5.41, 5.74) is 4.73. The second-order valence-electron chi connectivity index (χ2n) is 7.89. The lowest BCUT2D eigenvalue weighted by atomic mass is 10.1. The van der Waals surface area contributed by atoms with Gasteiger partial charge in [0, 0.05) is 35.6 Å². The van der Waals surface area contributed by atoms with Crippen LogP contribution in [0.5, 0.6) is 0 Å². The van der Waals surface area contributed by atoms with E-state index < -0.39 is 0 Å². The van der Waals surface area contributed by atoms with Gasteiger partial charge in [0.05, 0.1) is 22.3 Å². The molecule has 1 amide bonds. The highest BCUT2D eigenvalue weighted by Crippen LogP contribution is 2.32. The van der Waals surface area contributed by atoms with Crippen LogP contribution in [0.3, 0.4) is 0 Å². The molecule has 0 aromatic carbocycles. The second-order valence-corrected chi connectivity index (χ2v) is 7.89. The molecule has 29 heavy (non-hydrogen) atoms. The highest BCUT2D eigenvalue weighted by molar-refractivity contribution is 6.04. The fourth-order valence-corrected chi connectivity index (χ4v) is 4.34. The summed E-state index contributed by atoms with van der Waals surface area (Å²) >= 11 is 0. The average Bonchev–Trinajstić information content (AvgIpc) is 3.38. The minimum Gasteiger partial charge on any atom is -0.357 e. The standard InChI is InChI=1S/C22H24N6O/c1-13-19-7-6-15(12-28(19)14(2)24-13)22(29)26-21-10-17-16(11-23-21)9-18(25-17)20-5-4-8-27(20)3/h6-7,9-12,20,25H,4-5,8H2,1-3H3,(H,23,26,29)/t20-/m1/s1. The molecular formula is C22H24N6O. The Labute approximate surface area is 168 Å². The molecule has 0 bridgehead atoms. The van der Waals surface area contributed by atoms with Crippen LogP contribution in [0.2, 0.25) is 0 Å². The number of anilines is 1. The molecule has 0 spiro atoms. The van der Waals surface area contributed by atoms with Crippen molar-refractivity contribution < 1.29 is 4.79 Å². The number of aryl methyl sites for hydroxylation is 2. The van der Waals surface area contributed by atoms with Crippen molar-refractivity contribution in [3.63, 3.8) is 0 Å². The first-order chi connectivity index (χ1) is 14.0. The van der Waals surface area contributed by atoms with Crippen molar-refractivity contribution in [2.24, 2.45) is 0 Å². The van der Waals surface area contributed by atoms with Gasteiger partial charge < -0.3 is 14.7 Å². The number of aromatic nitrogens is 4. The first-order valence-corrected chi connectivity index (χ1v) is 9.95. The number of H-pyrrole nitrogens is 1. The van der Waals surface area contributed by atoms with Crippen LogP contribution in [-0.4, -0.2) is 43.8 Å². The molecule has 0 saturated carbocycles. The number of likely N-dealkylation sites (tertiary alicyclic amines) is 1. The van der Waals surface area contributed by atoms with Crippen LogP contribution in [0.15, 0.2) is 36.7 Å². The summed E-state index contributed by atoms with van der Waals surface area (Å²) in [6.07, 6.45) is 6.01. The summed E-state index contributed by atoms with van der Waals surface area (Å²) in [4.78, 5) is 27.5. The number of amides is 1. The monoisotopic (exact) mass is 388 g/mol. The molecule has 7 heteroatoms. The lowest BCUT2D eigenvalue weighted by Gasteiger charge is -2.17. The predicted molar refractivity (Wildman–Crippen MR) is 113 cm³/mol. The minimum absolute atomic E-state index is 0.188. The third-order valence-corrected chi connectivity index (χ3v) is 5.91. The fraction of sp³-hybridized carbons (Fsp3) is 0.318. The first kappa shape index (κ1) is 17.9. The van der Waals surface area contributed by atoms with E-state index in [-0.39, 0.29) is 5.91 Å². The molecule has 5 rings (SSSR count). The number of nitrogens with zero attached hydrogens (tertiary/aromatic N) is 4. The van der Waals surface area contributed by atoms with E-state index in [9.17, 15) is 4.79 Å². The van der Waals surface area contributed by atoms with Crippen molar-refractivity contribution in [2.45, 2.75) is 32.7 Å². The van der Waals surface area contributed by atoms with Gasteiger partial charge in [-0.05, 0) is 58.5 Å². The molecule has 7 nitrogen and oxygen atoms in total. The smallest absolute Gasteiger partial charge is 0.258 e. The summed E-state index contributed by atoms with van der Waals surface area (Å²) in [6, 6.07) is 8.24. The minimum atomic E-state index is -0.188. The summed E-state index contributed by atoms with van der Waals surface area (Å²) in [5, 5.41) is 3.97. The Kier molecular flexibility index (Phi) is 4.13. The van der Waals surface area contributed by atoms with Gasteiger partial charge in [0.25, 0.3) is 5.91 Å². The number of hydrogen-bond acceptors (Lipinski definition) is 4. The van der Waals surface area contributed by atoms with Crippen LogP contribution in [0.4, 0.5) is 5.82 Å². The quantitative estimate of drug-likeness (QED) is 0.559. The van der Waals surface area contributed by atoms with E-state index in [2.05, 4.69) is 38.3 Å². The maximum absolute atomic E-state index is 12.8. The van der Waals surface area contributed by atoms with Gasteiger partial charge in [0.1, 0.15) is 11.6 Å². The number of carbonyl (C=O) groups excluding carboxylic acids is 1. The molecule has 1 aliphatic rings. The third kappa shape index (κ3) is 3.07. The summed E-state index contributed by atoms with van der Waals surface area (Å²) in [5.74, 6) is 1.21. The molecule has 0 unspecified atom stereocenters. The summed E-state index contributed by atoms with van der Waals surface area (Å²) < 4.78 is 1.94. The second kappa shape index (κ2) is 6.70. The van der Waals surface area contributed by atoms with Gasteiger partial charge in [0.2, 0.25) is 0 Å². The molecule has 1 saturated heterocycles. The molecule has 5 heterocycles. The van der Waals surface area contributed by atoms with Crippen LogP contribution in [0, 0.1) is 13.8 Å². The number of fused-ring (bicyclic) bond motifs is 2. The van der Waals surface area contributed by atoms with Crippen LogP contribution in [0.1, 0.15) is 46.5 Å². The Hall–Kier alpha value is -3.19. The highest BCUT2D eigenvalue weighted by atomic mass is 16.1. The highest BCUT2D eigenvalue weighted by Gasteiger charge is 2.24. The van der Waals surface area contributed by atoms with Gasteiger partial charge in [0.15, 0.2) is 0 Å². The Morgan fingerprint density at radius 1 is 1.28 bits per heavy atom. The van der Waals surface area contributed by atoms with Crippen LogP contribution < -0.4 is 5.32 Å². The van der Waals surface area contributed by atoms with E-state index in [0.29, 0.717) is 17.4 Å².